The molecule has 90 valence electrons. The average molecular weight is 223 g/mol. The van der Waals surface area contributed by atoms with E-state index in [1.54, 1.807) is 7.11 Å². The zero-order valence-corrected chi connectivity index (χ0v) is 10.2. The predicted octanol–water partition coefficient (Wildman–Crippen LogP) is 1.25. The Hall–Kier alpha value is -0.870. The van der Waals surface area contributed by atoms with Gasteiger partial charge in [0, 0.05) is 26.9 Å². The first kappa shape index (κ1) is 11.6. The fraction of sp³-hybridized carbons (Fsp3) is 0.750. The Bertz CT molecular complexity index is 316. The van der Waals surface area contributed by atoms with Crippen molar-refractivity contribution in [1.29, 1.82) is 0 Å². The van der Waals surface area contributed by atoms with Gasteiger partial charge >= 0.3 is 0 Å². The van der Waals surface area contributed by atoms with Crippen LogP contribution in [0.2, 0.25) is 0 Å². The summed E-state index contributed by atoms with van der Waals surface area (Å²) >= 11 is 0. The van der Waals surface area contributed by atoms with Gasteiger partial charge in [0.15, 0.2) is 0 Å². The van der Waals surface area contributed by atoms with Crippen molar-refractivity contribution in [2.45, 2.75) is 18.8 Å². The van der Waals surface area contributed by atoms with Gasteiger partial charge in [0.05, 0.1) is 12.8 Å². The van der Waals surface area contributed by atoms with E-state index in [0.29, 0.717) is 5.92 Å². The van der Waals surface area contributed by atoms with E-state index in [1.807, 2.05) is 17.9 Å². The number of methoxy groups -OCH3 is 1. The van der Waals surface area contributed by atoms with Crippen LogP contribution < -0.4 is 0 Å². The molecule has 1 saturated heterocycles. The van der Waals surface area contributed by atoms with E-state index in [-0.39, 0.29) is 0 Å². The Morgan fingerprint density at radius 2 is 2.19 bits per heavy atom. The van der Waals surface area contributed by atoms with Crippen molar-refractivity contribution >= 4 is 0 Å². The molecule has 2 heterocycles. The molecule has 1 aliphatic rings. The minimum Gasteiger partial charge on any atom is -0.383 e. The number of hydrogen-bond acceptors (Lipinski definition) is 3. The lowest BCUT2D eigenvalue weighted by Gasteiger charge is -2.31. The SMILES string of the molecule is COCCN1CCC(c2cnn(C)c2)CC1. The molecular weight excluding hydrogens is 202 g/mol. The van der Waals surface area contributed by atoms with Crippen molar-refractivity contribution in [3.05, 3.63) is 18.0 Å². The monoisotopic (exact) mass is 223 g/mol. The minimum absolute atomic E-state index is 0.701. The van der Waals surface area contributed by atoms with Crippen LogP contribution in [0.4, 0.5) is 0 Å². The molecule has 0 N–H and O–H groups in total. The maximum atomic E-state index is 5.10. The zero-order chi connectivity index (χ0) is 11.4. The quantitative estimate of drug-likeness (QED) is 0.769. The van der Waals surface area contributed by atoms with Crippen LogP contribution >= 0.6 is 0 Å². The fourth-order valence-corrected chi connectivity index (χ4v) is 2.36. The van der Waals surface area contributed by atoms with Gasteiger partial charge in [-0.3, -0.25) is 4.68 Å². The van der Waals surface area contributed by atoms with E-state index in [1.165, 1.54) is 31.5 Å². The number of likely N-dealkylation sites (tertiary alicyclic amines) is 1. The molecule has 4 nitrogen and oxygen atoms in total. The third-order valence-electron chi connectivity index (χ3n) is 3.40. The lowest BCUT2D eigenvalue weighted by Crippen LogP contribution is -2.35. The highest BCUT2D eigenvalue weighted by molar-refractivity contribution is 5.12. The molecule has 1 aromatic rings. The van der Waals surface area contributed by atoms with Gasteiger partial charge in [0.25, 0.3) is 0 Å². The van der Waals surface area contributed by atoms with Crippen molar-refractivity contribution in [2.24, 2.45) is 7.05 Å². The minimum atomic E-state index is 0.701. The van der Waals surface area contributed by atoms with Gasteiger partial charge in [-0.25, -0.2) is 0 Å². The topological polar surface area (TPSA) is 30.3 Å². The van der Waals surface area contributed by atoms with Crippen LogP contribution in [-0.4, -0.2) is 48.0 Å². The van der Waals surface area contributed by atoms with Gasteiger partial charge in [0.1, 0.15) is 0 Å². The molecule has 1 aromatic heterocycles. The van der Waals surface area contributed by atoms with Gasteiger partial charge in [-0.1, -0.05) is 0 Å². The number of nitrogens with zero attached hydrogens (tertiary/aromatic N) is 3. The van der Waals surface area contributed by atoms with E-state index < -0.39 is 0 Å². The summed E-state index contributed by atoms with van der Waals surface area (Å²) in [4.78, 5) is 2.48. The highest BCUT2D eigenvalue weighted by atomic mass is 16.5. The van der Waals surface area contributed by atoms with E-state index >= 15 is 0 Å². The van der Waals surface area contributed by atoms with E-state index in [4.69, 9.17) is 4.74 Å². The molecule has 0 amide bonds. The summed E-state index contributed by atoms with van der Waals surface area (Å²) in [6, 6.07) is 0. The maximum Gasteiger partial charge on any atom is 0.0589 e. The van der Waals surface area contributed by atoms with Crippen LogP contribution in [0, 0.1) is 0 Å². The average Bonchev–Trinajstić information content (AvgIpc) is 2.74. The third kappa shape index (κ3) is 2.83. The molecule has 2 rings (SSSR count). The van der Waals surface area contributed by atoms with E-state index in [9.17, 15) is 0 Å². The smallest absolute Gasteiger partial charge is 0.0589 e. The highest BCUT2D eigenvalue weighted by Gasteiger charge is 2.20. The lowest BCUT2D eigenvalue weighted by atomic mass is 9.92. The normalized spacial score (nSPS) is 19.1. The Morgan fingerprint density at radius 3 is 2.75 bits per heavy atom. The van der Waals surface area contributed by atoms with Gasteiger partial charge in [-0.2, -0.15) is 5.10 Å². The Morgan fingerprint density at radius 1 is 1.44 bits per heavy atom. The second-order valence-electron chi connectivity index (χ2n) is 4.56. The van der Waals surface area contributed by atoms with Crippen LogP contribution in [0.5, 0.6) is 0 Å². The summed E-state index contributed by atoms with van der Waals surface area (Å²) in [7, 11) is 3.75. The van der Waals surface area contributed by atoms with Crippen molar-refractivity contribution < 1.29 is 4.74 Å². The summed E-state index contributed by atoms with van der Waals surface area (Å²) in [6.07, 6.45) is 6.65. The predicted molar refractivity (Wildman–Crippen MR) is 63.5 cm³/mol. The summed E-state index contributed by atoms with van der Waals surface area (Å²) in [5, 5.41) is 4.24. The molecule has 0 unspecified atom stereocenters. The molecule has 0 aromatic carbocycles. The molecule has 0 bridgehead atoms. The highest BCUT2D eigenvalue weighted by Crippen LogP contribution is 2.27. The molecule has 4 heteroatoms. The van der Waals surface area contributed by atoms with Gasteiger partial charge in [0.2, 0.25) is 0 Å². The summed E-state index contributed by atoms with van der Waals surface area (Å²) in [5.41, 5.74) is 1.40. The number of aromatic nitrogens is 2. The first-order chi connectivity index (χ1) is 7.79. The standard InChI is InChI=1S/C12H21N3O/c1-14-10-12(9-13-14)11-3-5-15(6-4-11)7-8-16-2/h9-11H,3-8H2,1-2H3. The molecule has 0 radical (unpaired) electrons. The third-order valence-corrected chi connectivity index (χ3v) is 3.40. The van der Waals surface area contributed by atoms with Crippen LogP contribution in [0.25, 0.3) is 0 Å². The van der Waals surface area contributed by atoms with Crippen LogP contribution in [0.3, 0.4) is 0 Å². The van der Waals surface area contributed by atoms with Crippen LogP contribution in [-0.2, 0) is 11.8 Å². The van der Waals surface area contributed by atoms with Crippen LogP contribution in [0.15, 0.2) is 12.4 Å². The number of ether oxygens (including phenoxy) is 1. The molecule has 16 heavy (non-hydrogen) atoms. The van der Waals surface area contributed by atoms with Crippen molar-refractivity contribution in [3.8, 4) is 0 Å². The lowest BCUT2D eigenvalue weighted by molar-refractivity contribution is 0.130. The van der Waals surface area contributed by atoms with Gasteiger partial charge in [-0.05, 0) is 37.4 Å². The second-order valence-corrected chi connectivity index (χ2v) is 4.56. The number of aryl methyl sites for hydroxylation is 1. The Balaban J connectivity index is 1.81. The van der Waals surface area contributed by atoms with E-state index in [2.05, 4.69) is 16.2 Å². The first-order valence-electron chi connectivity index (χ1n) is 5.99. The molecule has 0 aliphatic carbocycles. The molecule has 0 saturated carbocycles. The second kappa shape index (κ2) is 5.46. The van der Waals surface area contributed by atoms with Crippen LogP contribution in [0.1, 0.15) is 24.3 Å². The molecule has 1 aliphatic heterocycles. The van der Waals surface area contributed by atoms with Crippen molar-refractivity contribution in [3.63, 3.8) is 0 Å². The van der Waals surface area contributed by atoms with Gasteiger partial charge in [-0.15, -0.1) is 0 Å². The molecule has 0 spiro atoms. The molecular formula is C12H21N3O. The fourth-order valence-electron chi connectivity index (χ4n) is 2.36. The number of rotatable bonds is 4. The Kier molecular flexibility index (Phi) is 3.96. The molecule has 0 atom stereocenters. The number of hydrogen-bond donors (Lipinski definition) is 0. The maximum absolute atomic E-state index is 5.10. The summed E-state index contributed by atoms with van der Waals surface area (Å²) in [5.74, 6) is 0.701. The van der Waals surface area contributed by atoms with Gasteiger partial charge < -0.3 is 9.64 Å². The Labute approximate surface area is 97.2 Å². The summed E-state index contributed by atoms with van der Waals surface area (Å²) in [6.45, 7) is 4.28. The largest absolute Gasteiger partial charge is 0.383 e. The zero-order valence-electron chi connectivity index (χ0n) is 10.2. The summed E-state index contributed by atoms with van der Waals surface area (Å²) < 4.78 is 7.00. The van der Waals surface area contributed by atoms with E-state index in [0.717, 1.165) is 13.2 Å². The first-order valence-corrected chi connectivity index (χ1v) is 5.99. The number of piperidine rings is 1. The van der Waals surface area contributed by atoms with Crippen molar-refractivity contribution in [2.75, 3.05) is 33.4 Å². The molecule has 1 fully saturated rings. The van der Waals surface area contributed by atoms with Crippen molar-refractivity contribution in [1.82, 2.24) is 14.7 Å².